The second-order valence-corrected chi connectivity index (χ2v) is 5.41. The van der Waals surface area contributed by atoms with Crippen molar-refractivity contribution in [2.75, 3.05) is 7.11 Å². The molecule has 1 saturated carbocycles. The molecule has 0 aromatic carbocycles. The molecule has 0 aromatic heterocycles. The monoisotopic (exact) mass is 240 g/mol. The lowest BCUT2D eigenvalue weighted by atomic mass is 10.0. The number of methoxy groups -OCH3 is 1. The maximum atomic E-state index is 11.9. The van der Waals surface area contributed by atoms with Crippen molar-refractivity contribution in [2.24, 2.45) is 5.41 Å². The summed E-state index contributed by atoms with van der Waals surface area (Å²) in [4.78, 5) is 22.8. The Morgan fingerprint density at radius 2 is 1.88 bits per heavy atom. The molecule has 4 nitrogen and oxygen atoms in total. The van der Waals surface area contributed by atoms with Crippen molar-refractivity contribution in [3.05, 3.63) is 12.2 Å². The zero-order valence-corrected chi connectivity index (χ0v) is 10.9. The van der Waals surface area contributed by atoms with Crippen LogP contribution >= 0.6 is 0 Å². The Balaban J connectivity index is 2.50. The number of carbonyl (C=O) groups excluding carboxylic acids is 2. The minimum atomic E-state index is -0.460. The van der Waals surface area contributed by atoms with E-state index in [-0.39, 0.29) is 5.97 Å². The number of hydrogen-bond donors (Lipinski definition) is 0. The fraction of sp³-hybridized carbons (Fsp3) is 0.692. The van der Waals surface area contributed by atoms with Crippen molar-refractivity contribution >= 4 is 11.9 Å². The van der Waals surface area contributed by atoms with Gasteiger partial charge in [0.05, 0.1) is 12.5 Å². The number of rotatable bonds is 4. The largest absolute Gasteiger partial charge is 0.466 e. The van der Waals surface area contributed by atoms with Crippen LogP contribution in [0.5, 0.6) is 0 Å². The topological polar surface area (TPSA) is 52.6 Å². The fourth-order valence-corrected chi connectivity index (χ4v) is 1.48. The van der Waals surface area contributed by atoms with Gasteiger partial charge in [-0.05, 0) is 40.0 Å². The molecule has 17 heavy (non-hydrogen) atoms. The molecule has 0 spiro atoms. The summed E-state index contributed by atoms with van der Waals surface area (Å²) in [6, 6.07) is 0. The Morgan fingerprint density at radius 1 is 1.29 bits per heavy atom. The molecule has 0 aliphatic heterocycles. The third-order valence-corrected chi connectivity index (χ3v) is 2.65. The number of ether oxygens (including phenoxy) is 2. The fourth-order valence-electron chi connectivity index (χ4n) is 1.48. The van der Waals surface area contributed by atoms with Gasteiger partial charge in [0.1, 0.15) is 5.60 Å². The van der Waals surface area contributed by atoms with Crippen LogP contribution in [-0.2, 0) is 19.1 Å². The van der Waals surface area contributed by atoms with Crippen LogP contribution in [0.2, 0.25) is 0 Å². The summed E-state index contributed by atoms with van der Waals surface area (Å²) in [6.07, 6.45) is 5.23. The first-order valence-electron chi connectivity index (χ1n) is 5.77. The third kappa shape index (κ3) is 4.21. The Kier molecular flexibility index (Phi) is 3.96. The minimum absolute atomic E-state index is 0.167. The Hall–Kier alpha value is -1.32. The SMILES string of the molecule is COC(=O)/C=C/CC1(C(=O)OC(C)(C)C)CC1. The zero-order chi connectivity index (χ0) is 13.1. The molecular weight excluding hydrogens is 220 g/mol. The second-order valence-electron chi connectivity index (χ2n) is 5.41. The average molecular weight is 240 g/mol. The molecule has 0 heterocycles. The van der Waals surface area contributed by atoms with Gasteiger partial charge in [-0.25, -0.2) is 4.79 Å². The van der Waals surface area contributed by atoms with Crippen LogP contribution in [-0.4, -0.2) is 24.6 Å². The molecule has 0 bridgehead atoms. The predicted octanol–water partition coefficient (Wildman–Crippen LogP) is 2.23. The molecule has 0 radical (unpaired) electrons. The lowest BCUT2D eigenvalue weighted by Gasteiger charge is -2.23. The smallest absolute Gasteiger partial charge is 0.330 e. The summed E-state index contributed by atoms with van der Waals surface area (Å²) in [5, 5.41) is 0. The van der Waals surface area contributed by atoms with Crippen molar-refractivity contribution in [3.8, 4) is 0 Å². The molecular formula is C13H20O4. The van der Waals surface area contributed by atoms with Gasteiger partial charge in [-0.2, -0.15) is 0 Å². The summed E-state index contributed by atoms with van der Waals surface area (Å²) in [5.41, 5.74) is -0.865. The highest BCUT2D eigenvalue weighted by molar-refractivity contribution is 5.83. The van der Waals surface area contributed by atoms with Crippen LogP contribution in [0.25, 0.3) is 0 Å². The van der Waals surface area contributed by atoms with Gasteiger partial charge < -0.3 is 9.47 Å². The van der Waals surface area contributed by atoms with Crippen LogP contribution in [0.1, 0.15) is 40.0 Å². The van der Waals surface area contributed by atoms with E-state index in [0.717, 1.165) is 12.8 Å². The van der Waals surface area contributed by atoms with Crippen LogP contribution in [0, 0.1) is 5.41 Å². The molecule has 0 unspecified atom stereocenters. The predicted molar refractivity (Wildman–Crippen MR) is 63.3 cm³/mol. The van der Waals surface area contributed by atoms with Gasteiger partial charge in [-0.3, -0.25) is 4.79 Å². The first-order valence-corrected chi connectivity index (χ1v) is 5.77. The molecule has 1 aliphatic rings. The van der Waals surface area contributed by atoms with E-state index in [1.54, 1.807) is 6.08 Å². The van der Waals surface area contributed by atoms with E-state index in [0.29, 0.717) is 6.42 Å². The van der Waals surface area contributed by atoms with Gasteiger partial charge in [0.25, 0.3) is 0 Å². The molecule has 0 amide bonds. The zero-order valence-electron chi connectivity index (χ0n) is 10.9. The van der Waals surface area contributed by atoms with Gasteiger partial charge in [0.2, 0.25) is 0 Å². The van der Waals surface area contributed by atoms with E-state index in [4.69, 9.17) is 4.74 Å². The van der Waals surface area contributed by atoms with E-state index in [1.807, 2.05) is 20.8 Å². The number of allylic oxidation sites excluding steroid dienone is 1. The average Bonchev–Trinajstić information content (AvgIpc) is 2.96. The van der Waals surface area contributed by atoms with E-state index < -0.39 is 17.0 Å². The third-order valence-electron chi connectivity index (χ3n) is 2.65. The van der Waals surface area contributed by atoms with Gasteiger partial charge in [0.15, 0.2) is 0 Å². The second kappa shape index (κ2) is 4.90. The normalized spacial score (nSPS) is 17.9. The van der Waals surface area contributed by atoms with Crippen molar-refractivity contribution in [1.29, 1.82) is 0 Å². The summed E-state index contributed by atoms with van der Waals surface area (Å²) in [5.74, 6) is -0.565. The van der Waals surface area contributed by atoms with Crippen LogP contribution in [0.3, 0.4) is 0 Å². The maximum absolute atomic E-state index is 11.9. The first kappa shape index (κ1) is 13.7. The van der Waals surface area contributed by atoms with Gasteiger partial charge in [0, 0.05) is 6.08 Å². The van der Waals surface area contributed by atoms with E-state index >= 15 is 0 Å². The first-order chi connectivity index (χ1) is 7.79. The highest BCUT2D eigenvalue weighted by Gasteiger charge is 2.51. The Labute approximate surface area is 102 Å². The minimum Gasteiger partial charge on any atom is -0.466 e. The lowest BCUT2D eigenvalue weighted by molar-refractivity contribution is -0.161. The van der Waals surface area contributed by atoms with Gasteiger partial charge >= 0.3 is 11.9 Å². The molecule has 0 atom stereocenters. The molecule has 1 fully saturated rings. The molecule has 0 aromatic rings. The molecule has 1 rings (SSSR count). The molecule has 96 valence electrons. The summed E-state index contributed by atoms with van der Waals surface area (Å²) in [7, 11) is 1.33. The standard InChI is InChI=1S/C13H20O4/c1-12(2,3)17-11(15)13(8-9-13)7-5-6-10(14)16-4/h5-6H,7-9H2,1-4H3/b6-5+. The van der Waals surface area contributed by atoms with Crippen molar-refractivity contribution in [1.82, 2.24) is 0 Å². The molecule has 0 saturated heterocycles. The van der Waals surface area contributed by atoms with Gasteiger partial charge in [-0.1, -0.05) is 6.08 Å². The molecule has 1 aliphatic carbocycles. The summed E-state index contributed by atoms with van der Waals surface area (Å²) >= 11 is 0. The highest BCUT2D eigenvalue weighted by atomic mass is 16.6. The summed E-state index contributed by atoms with van der Waals surface area (Å²) < 4.78 is 9.84. The van der Waals surface area contributed by atoms with Crippen LogP contribution in [0.15, 0.2) is 12.2 Å². The van der Waals surface area contributed by atoms with E-state index in [1.165, 1.54) is 13.2 Å². The highest BCUT2D eigenvalue weighted by Crippen LogP contribution is 2.50. The Morgan fingerprint density at radius 3 is 2.29 bits per heavy atom. The van der Waals surface area contributed by atoms with Gasteiger partial charge in [-0.15, -0.1) is 0 Å². The molecule has 4 heteroatoms. The van der Waals surface area contributed by atoms with Crippen molar-refractivity contribution in [3.63, 3.8) is 0 Å². The lowest BCUT2D eigenvalue weighted by Crippen LogP contribution is -2.29. The van der Waals surface area contributed by atoms with Crippen LogP contribution < -0.4 is 0 Å². The van der Waals surface area contributed by atoms with E-state index in [9.17, 15) is 9.59 Å². The van der Waals surface area contributed by atoms with Crippen molar-refractivity contribution in [2.45, 2.75) is 45.6 Å². The van der Waals surface area contributed by atoms with E-state index in [2.05, 4.69) is 4.74 Å². The number of carbonyl (C=O) groups is 2. The number of hydrogen-bond acceptors (Lipinski definition) is 4. The van der Waals surface area contributed by atoms with Crippen LogP contribution in [0.4, 0.5) is 0 Å². The molecule has 0 N–H and O–H groups in total. The number of esters is 2. The van der Waals surface area contributed by atoms with Crippen molar-refractivity contribution < 1.29 is 19.1 Å². The Bertz CT molecular complexity index is 332. The quantitative estimate of drug-likeness (QED) is 0.558. The maximum Gasteiger partial charge on any atom is 0.330 e. The summed E-state index contributed by atoms with van der Waals surface area (Å²) in [6.45, 7) is 5.56.